The van der Waals surface area contributed by atoms with Crippen molar-refractivity contribution in [1.29, 1.82) is 0 Å². The SMILES string of the molecule is CC(NC(=O)OCC1c2ccccc2-c2ccccc21)(C(=O)NCCCCCC(=O)O)C1CC1. The van der Waals surface area contributed by atoms with Gasteiger partial charge in [0, 0.05) is 18.9 Å². The number of hydrogen-bond acceptors (Lipinski definition) is 4. The number of carbonyl (C=O) groups is 3. The molecule has 2 aliphatic carbocycles. The molecular weight excluding hydrogens is 432 g/mol. The van der Waals surface area contributed by atoms with Crippen LogP contribution in [0.1, 0.15) is 62.5 Å². The summed E-state index contributed by atoms with van der Waals surface area (Å²) in [6, 6.07) is 16.3. The number of fused-ring (bicyclic) bond motifs is 3. The summed E-state index contributed by atoms with van der Waals surface area (Å²) in [7, 11) is 0. The molecule has 1 atom stereocenters. The number of carboxylic acids is 1. The second-order valence-electron chi connectivity index (χ2n) is 9.39. The molecule has 0 bridgehead atoms. The first-order valence-electron chi connectivity index (χ1n) is 12.0. The Balaban J connectivity index is 1.32. The molecule has 1 unspecified atom stereocenters. The van der Waals surface area contributed by atoms with Gasteiger partial charge >= 0.3 is 12.1 Å². The fraction of sp³-hybridized carbons (Fsp3) is 0.444. The van der Waals surface area contributed by atoms with Crippen molar-refractivity contribution >= 4 is 18.0 Å². The molecule has 0 aliphatic heterocycles. The van der Waals surface area contributed by atoms with Gasteiger partial charge in [-0.1, -0.05) is 55.0 Å². The normalized spacial score (nSPS) is 16.1. The first-order chi connectivity index (χ1) is 16.4. The lowest BCUT2D eigenvalue weighted by Crippen LogP contribution is -2.58. The molecule has 180 valence electrons. The third-order valence-electron chi connectivity index (χ3n) is 6.92. The molecule has 0 spiro atoms. The van der Waals surface area contributed by atoms with E-state index in [-0.39, 0.29) is 30.8 Å². The number of aliphatic carboxylic acids is 1. The molecule has 7 heteroatoms. The van der Waals surface area contributed by atoms with Crippen LogP contribution >= 0.6 is 0 Å². The molecule has 0 radical (unpaired) electrons. The number of carbonyl (C=O) groups excluding carboxylic acids is 2. The quantitative estimate of drug-likeness (QED) is 0.426. The Bertz CT molecular complexity index is 1020. The second kappa shape index (κ2) is 10.3. The summed E-state index contributed by atoms with van der Waals surface area (Å²) in [5, 5.41) is 14.5. The van der Waals surface area contributed by atoms with Gasteiger partial charge in [0.2, 0.25) is 5.91 Å². The minimum Gasteiger partial charge on any atom is -0.481 e. The predicted molar refractivity (Wildman–Crippen MR) is 128 cm³/mol. The van der Waals surface area contributed by atoms with E-state index >= 15 is 0 Å². The largest absolute Gasteiger partial charge is 0.481 e. The summed E-state index contributed by atoms with van der Waals surface area (Å²) in [6.45, 7) is 2.41. The Hall–Kier alpha value is -3.35. The number of nitrogens with one attached hydrogen (secondary N) is 2. The van der Waals surface area contributed by atoms with Crippen molar-refractivity contribution in [2.24, 2.45) is 5.92 Å². The molecule has 0 heterocycles. The number of rotatable bonds is 11. The fourth-order valence-corrected chi connectivity index (χ4v) is 4.81. The molecule has 0 aromatic heterocycles. The minimum atomic E-state index is -1.02. The lowest BCUT2D eigenvalue weighted by Gasteiger charge is -2.29. The second-order valence-corrected chi connectivity index (χ2v) is 9.39. The highest BCUT2D eigenvalue weighted by Crippen LogP contribution is 2.44. The van der Waals surface area contributed by atoms with Gasteiger partial charge in [-0.15, -0.1) is 0 Å². The lowest BCUT2D eigenvalue weighted by atomic mass is 9.94. The third kappa shape index (κ3) is 5.24. The van der Waals surface area contributed by atoms with E-state index in [0.717, 1.165) is 41.5 Å². The van der Waals surface area contributed by atoms with Crippen LogP contribution in [0.15, 0.2) is 48.5 Å². The van der Waals surface area contributed by atoms with Crippen molar-refractivity contribution in [2.45, 2.75) is 56.9 Å². The summed E-state index contributed by atoms with van der Waals surface area (Å²) < 4.78 is 5.66. The standard InChI is InChI=1S/C27H32N2O5/c1-27(18-14-15-18,25(32)28-16-8-2-3-13-24(30)31)29-26(33)34-17-23-21-11-6-4-9-19(21)20-10-5-7-12-22(20)23/h4-7,9-12,18,23H,2-3,8,13-17H2,1H3,(H,28,32)(H,29,33)(H,30,31). The minimum absolute atomic E-state index is 0.0371. The van der Waals surface area contributed by atoms with E-state index in [1.165, 1.54) is 0 Å². The van der Waals surface area contributed by atoms with Gasteiger partial charge in [0.1, 0.15) is 12.1 Å². The average Bonchev–Trinajstić information content (AvgIpc) is 3.63. The average molecular weight is 465 g/mol. The summed E-state index contributed by atoms with van der Waals surface area (Å²) in [4.78, 5) is 36.3. The van der Waals surface area contributed by atoms with E-state index in [4.69, 9.17) is 9.84 Å². The van der Waals surface area contributed by atoms with E-state index in [2.05, 4.69) is 34.9 Å². The van der Waals surface area contributed by atoms with Crippen LogP contribution in [-0.2, 0) is 14.3 Å². The van der Waals surface area contributed by atoms with Gasteiger partial charge in [-0.3, -0.25) is 9.59 Å². The zero-order valence-electron chi connectivity index (χ0n) is 19.5. The van der Waals surface area contributed by atoms with Crippen LogP contribution in [0.25, 0.3) is 11.1 Å². The molecule has 3 N–H and O–H groups in total. The van der Waals surface area contributed by atoms with Crippen LogP contribution in [0.3, 0.4) is 0 Å². The number of carboxylic acid groups (broad SMARTS) is 1. The maximum atomic E-state index is 12.9. The van der Waals surface area contributed by atoms with Gasteiger partial charge < -0.3 is 20.5 Å². The lowest BCUT2D eigenvalue weighted by molar-refractivity contribution is -0.137. The predicted octanol–water partition coefficient (Wildman–Crippen LogP) is 4.46. The van der Waals surface area contributed by atoms with Gasteiger partial charge in [0.15, 0.2) is 0 Å². The topological polar surface area (TPSA) is 105 Å². The molecule has 4 rings (SSSR count). The van der Waals surface area contributed by atoms with E-state index in [0.29, 0.717) is 19.4 Å². The van der Waals surface area contributed by atoms with Crippen LogP contribution in [0.4, 0.5) is 4.79 Å². The van der Waals surface area contributed by atoms with Crippen LogP contribution in [0, 0.1) is 5.92 Å². The molecule has 34 heavy (non-hydrogen) atoms. The monoisotopic (exact) mass is 464 g/mol. The number of benzene rings is 2. The van der Waals surface area contributed by atoms with Crippen LogP contribution < -0.4 is 10.6 Å². The van der Waals surface area contributed by atoms with E-state index < -0.39 is 17.6 Å². The molecular formula is C27H32N2O5. The van der Waals surface area contributed by atoms with Crippen molar-refractivity contribution in [2.75, 3.05) is 13.2 Å². The molecule has 0 saturated heterocycles. The van der Waals surface area contributed by atoms with Crippen molar-refractivity contribution in [1.82, 2.24) is 10.6 Å². The molecule has 2 aromatic rings. The van der Waals surface area contributed by atoms with Crippen LogP contribution in [0.5, 0.6) is 0 Å². The molecule has 1 fully saturated rings. The van der Waals surface area contributed by atoms with E-state index in [9.17, 15) is 14.4 Å². The number of unbranched alkanes of at least 4 members (excludes halogenated alkanes) is 2. The Morgan fingerprint density at radius 1 is 0.971 bits per heavy atom. The van der Waals surface area contributed by atoms with Crippen LogP contribution in [0.2, 0.25) is 0 Å². The van der Waals surface area contributed by atoms with E-state index in [1.807, 2.05) is 24.3 Å². The molecule has 2 aromatic carbocycles. The number of alkyl carbamates (subject to hydrolysis) is 1. The zero-order valence-corrected chi connectivity index (χ0v) is 19.5. The summed E-state index contributed by atoms with van der Waals surface area (Å²) in [5.74, 6) is -0.982. The number of ether oxygens (including phenoxy) is 1. The first-order valence-corrected chi connectivity index (χ1v) is 12.0. The summed E-state index contributed by atoms with van der Waals surface area (Å²) in [5.41, 5.74) is 3.59. The zero-order chi connectivity index (χ0) is 24.1. The Morgan fingerprint density at radius 3 is 2.18 bits per heavy atom. The maximum Gasteiger partial charge on any atom is 0.408 e. The molecule has 1 saturated carbocycles. The smallest absolute Gasteiger partial charge is 0.408 e. The van der Waals surface area contributed by atoms with E-state index in [1.54, 1.807) is 6.92 Å². The van der Waals surface area contributed by atoms with Crippen LogP contribution in [-0.4, -0.2) is 41.8 Å². The number of hydrogen-bond donors (Lipinski definition) is 3. The fourth-order valence-electron chi connectivity index (χ4n) is 4.81. The van der Waals surface area contributed by atoms with Crippen molar-refractivity contribution < 1.29 is 24.2 Å². The Morgan fingerprint density at radius 2 is 1.59 bits per heavy atom. The third-order valence-corrected chi connectivity index (χ3v) is 6.92. The van der Waals surface area contributed by atoms with Crippen molar-refractivity contribution in [3.05, 3.63) is 59.7 Å². The van der Waals surface area contributed by atoms with Gasteiger partial charge in [0.25, 0.3) is 0 Å². The number of amides is 2. The van der Waals surface area contributed by atoms with Crippen molar-refractivity contribution in [3.63, 3.8) is 0 Å². The molecule has 2 aliphatic rings. The maximum absolute atomic E-state index is 12.9. The van der Waals surface area contributed by atoms with Gasteiger partial charge in [-0.05, 0) is 60.8 Å². The van der Waals surface area contributed by atoms with Gasteiger partial charge in [0.05, 0.1) is 0 Å². The highest BCUT2D eigenvalue weighted by molar-refractivity contribution is 5.90. The van der Waals surface area contributed by atoms with Crippen molar-refractivity contribution in [3.8, 4) is 11.1 Å². The van der Waals surface area contributed by atoms with Gasteiger partial charge in [-0.25, -0.2) is 4.79 Å². The highest BCUT2D eigenvalue weighted by atomic mass is 16.5. The van der Waals surface area contributed by atoms with Gasteiger partial charge in [-0.2, -0.15) is 0 Å². The summed E-state index contributed by atoms with van der Waals surface area (Å²) >= 11 is 0. The Kier molecular flexibility index (Phi) is 7.20. The molecule has 7 nitrogen and oxygen atoms in total. The Labute approximate surface area is 199 Å². The molecule has 2 amide bonds. The highest BCUT2D eigenvalue weighted by Gasteiger charge is 2.48. The summed E-state index contributed by atoms with van der Waals surface area (Å²) in [6.07, 6.45) is 3.32. The first kappa shape index (κ1) is 23.8.